The molecule has 5 rings (SSSR count). The molecule has 2 N–H and O–H groups in total. The molecule has 5 aliphatic rings. The average Bonchev–Trinajstić information content (AvgIpc) is 3.08. The first-order valence-corrected chi connectivity index (χ1v) is 11.8. The maximum atomic E-state index is 11.0. The zero-order valence-corrected chi connectivity index (χ0v) is 18.5. The maximum absolute atomic E-state index is 11.0. The quantitative estimate of drug-likeness (QED) is 0.541. The van der Waals surface area contributed by atoms with Crippen LogP contribution < -0.4 is 0 Å². The Kier molecular flexibility index (Phi) is 4.09. The molecule has 0 aromatic heterocycles. The van der Waals surface area contributed by atoms with Crippen LogP contribution in [0.15, 0.2) is 11.6 Å². The van der Waals surface area contributed by atoms with Gasteiger partial charge in [-0.05, 0) is 91.8 Å². The van der Waals surface area contributed by atoms with Gasteiger partial charge in [-0.2, -0.15) is 0 Å². The van der Waals surface area contributed by atoms with Gasteiger partial charge in [-0.1, -0.05) is 39.3 Å². The van der Waals surface area contributed by atoms with Gasteiger partial charge >= 0.3 is 0 Å². The van der Waals surface area contributed by atoms with Crippen LogP contribution >= 0.6 is 0 Å². The second-order valence-corrected chi connectivity index (χ2v) is 12.1. The predicted molar refractivity (Wildman–Crippen MR) is 111 cm³/mol. The van der Waals surface area contributed by atoms with Crippen LogP contribution in [0.4, 0.5) is 0 Å². The van der Waals surface area contributed by atoms with Crippen molar-refractivity contribution in [1.29, 1.82) is 0 Å². The van der Waals surface area contributed by atoms with Gasteiger partial charge in [0, 0.05) is 0 Å². The Balaban J connectivity index is 1.50. The Bertz CT molecular complexity index is 696. The molecule has 4 aliphatic carbocycles. The Morgan fingerprint density at radius 1 is 1.07 bits per heavy atom. The van der Waals surface area contributed by atoms with Crippen molar-refractivity contribution in [2.45, 2.75) is 97.4 Å². The highest BCUT2D eigenvalue weighted by Gasteiger charge is 2.67. The average molecular weight is 389 g/mol. The van der Waals surface area contributed by atoms with Crippen molar-refractivity contribution in [3.8, 4) is 0 Å². The van der Waals surface area contributed by atoms with E-state index < -0.39 is 17.8 Å². The van der Waals surface area contributed by atoms with Gasteiger partial charge in [0.2, 0.25) is 0 Å². The van der Waals surface area contributed by atoms with Crippen LogP contribution in [0, 0.1) is 39.9 Å². The van der Waals surface area contributed by atoms with Gasteiger partial charge in [0.1, 0.15) is 11.7 Å². The minimum atomic E-state index is -0.770. The van der Waals surface area contributed by atoms with Crippen molar-refractivity contribution in [2.24, 2.45) is 39.9 Å². The van der Waals surface area contributed by atoms with E-state index in [1.807, 2.05) is 6.92 Å². The normalized spacial score (nSPS) is 56.6. The van der Waals surface area contributed by atoms with Gasteiger partial charge in [0.05, 0.1) is 12.7 Å². The van der Waals surface area contributed by atoms with Gasteiger partial charge in [0.25, 0.3) is 0 Å². The molecule has 3 heteroatoms. The lowest BCUT2D eigenvalue weighted by Crippen LogP contribution is -2.50. The van der Waals surface area contributed by atoms with Crippen molar-refractivity contribution >= 4 is 0 Å². The lowest BCUT2D eigenvalue weighted by Gasteiger charge is -2.54. The third-order valence-corrected chi connectivity index (χ3v) is 10.4. The topological polar surface area (TPSA) is 53.0 Å². The number of aliphatic hydroxyl groups excluding tert-OH is 2. The van der Waals surface area contributed by atoms with Crippen LogP contribution in [-0.4, -0.2) is 34.6 Å². The highest BCUT2D eigenvalue weighted by Crippen LogP contribution is 2.74. The number of fused-ring (bicyclic) bond motifs is 2. The molecule has 3 nitrogen and oxygen atoms in total. The zero-order valence-electron chi connectivity index (χ0n) is 18.5. The van der Waals surface area contributed by atoms with Gasteiger partial charge in [0.15, 0.2) is 0 Å². The lowest BCUT2D eigenvalue weighted by atomic mass is 9.50. The van der Waals surface area contributed by atoms with E-state index in [0.29, 0.717) is 24.4 Å². The van der Waals surface area contributed by atoms with Crippen LogP contribution in [-0.2, 0) is 4.74 Å². The highest BCUT2D eigenvalue weighted by molar-refractivity contribution is 5.36. The molecule has 0 aromatic rings. The molecular weight excluding hydrogens is 348 g/mol. The molecule has 158 valence electrons. The van der Waals surface area contributed by atoms with Gasteiger partial charge in [-0.3, -0.25) is 0 Å². The lowest BCUT2D eigenvalue weighted by molar-refractivity contribution is -0.0688. The molecule has 1 saturated heterocycles. The molecule has 0 aromatic carbocycles. The fraction of sp³-hybridized carbons (Fsp3) is 0.920. The summed E-state index contributed by atoms with van der Waals surface area (Å²) in [6.45, 7) is 12.4. The summed E-state index contributed by atoms with van der Waals surface area (Å²) in [7, 11) is 0. The summed E-state index contributed by atoms with van der Waals surface area (Å²) in [6, 6.07) is 0. The summed E-state index contributed by atoms with van der Waals surface area (Å²) >= 11 is 0. The van der Waals surface area contributed by atoms with Crippen molar-refractivity contribution < 1.29 is 14.9 Å². The number of hydrogen-bond acceptors (Lipinski definition) is 3. The zero-order chi connectivity index (χ0) is 20.1. The van der Waals surface area contributed by atoms with Crippen LogP contribution in [0.5, 0.6) is 0 Å². The van der Waals surface area contributed by atoms with Crippen molar-refractivity contribution in [1.82, 2.24) is 0 Å². The molecule has 10 unspecified atom stereocenters. The molecule has 28 heavy (non-hydrogen) atoms. The Morgan fingerprint density at radius 2 is 1.79 bits per heavy atom. The van der Waals surface area contributed by atoms with E-state index in [1.165, 1.54) is 32.1 Å². The fourth-order valence-electron chi connectivity index (χ4n) is 8.83. The molecular formula is C25H40O3. The van der Waals surface area contributed by atoms with Crippen LogP contribution in [0.3, 0.4) is 0 Å². The van der Waals surface area contributed by atoms with E-state index in [0.717, 1.165) is 24.2 Å². The molecule has 0 amide bonds. The number of ether oxygens (including phenoxy) is 1. The Morgan fingerprint density at radius 3 is 2.46 bits per heavy atom. The van der Waals surface area contributed by atoms with Crippen molar-refractivity contribution in [3.05, 3.63) is 11.6 Å². The van der Waals surface area contributed by atoms with E-state index in [9.17, 15) is 10.2 Å². The van der Waals surface area contributed by atoms with Crippen LogP contribution in [0.2, 0.25) is 0 Å². The smallest absolute Gasteiger partial charge is 0.117 e. The molecule has 0 bridgehead atoms. The summed E-state index contributed by atoms with van der Waals surface area (Å²) in [5.74, 6) is 2.90. The number of epoxide rings is 1. The molecule has 1 spiro atoms. The predicted octanol–water partition coefficient (Wildman–Crippen LogP) is 4.71. The summed E-state index contributed by atoms with van der Waals surface area (Å²) in [5.41, 5.74) is 2.04. The van der Waals surface area contributed by atoms with E-state index in [2.05, 4.69) is 33.8 Å². The van der Waals surface area contributed by atoms with Gasteiger partial charge in [-0.25, -0.2) is 0 Å². The van der Waals surface area contributed by atoms with Crippen molar-refractivity contribution in [3.63, 3.8) is 0 Å². The molecule has 4 fully saturated rings. The molecule has 3 saturated carbocycles. The molecule has 0 radical (unpaired) electrons. The first kappa shape index (κ1) is 19.6. The van der Waals surface area contributed by atoms with E-state index >= 15 is 0 Å². The number of aliphatic hydroxyl groups is 2. The molecule has 1 aliphatic heterocycles. The fourth-order valence-corrected chi connectivity index (χ4v) is 8.83. The van der Waals surface area contributed by atoms with Gasteiger partial charge in [-0.15, -0.1) is 0 Å². The van der Waals surface area contributed by atoms with Crippen LogP contribution in [0.25, 0.3) is 0 Å². The second kappa shape index (κ2) is 5.86. The third-order valence-electron chi connectivity index (χ3n) is 10.4. The first-order valence-electron chi connectivity index (χ1n) is 11.8. The standard InChI is InChI=1S/C25H40O3/c1-15-8-9-25-16(2)6-7-17(25)20-22(3,12-18(15)25)10-11-23(20,4)13-19(26)21(27)24(5)14-28-24/h12,15-17,19-21,26-27H,6-11,13-14H2,1-5H3. The number of allylic oxidation sites excluding steroid dienone is 2. The highest BCUT2D eigenvalue weighted by atomic mass is 16.6. The summed E-state index contributed by atoms with van der Waals surface area (Å²) in [4.78, 5) is 0. The minimum absolute atomic E-state index is 0.0932. The summed E-state index contributed by atoms with van der Waals surface area (Å²) in [6.07, 6.45) is 9.77. The van der Waals surface area contributed by atoms with Crippen molar-refractivity contribution in [2.75, 3.05) is 6.61 Å². The molecule has 10 atom stereocenters. The van der Waals surface area contributed by atoms with Crippen LogP contribution in [0.1, 0.15) is 79.6 Å². The monoisotopic (exact) mass is 388 g/mol. The Labute approximate surface area is 170 Å². The number of rotatable bonds is 4. The van der Waals surface area contributed by atoms with Gasteiger partial charge < -0.3 is 14.9 Å². The minimum Gasteiger partial charge on any atom is -0.390 e. The summed E-state index contributed by atoms with van der Waals surface area (Å²) in [5, 5.41) is 21.6. The second-order valence-electron chi connectivity index (χ2n) is 12.1. The SMILES string of the molecule is CC1CCC23C1=CC1(C)CCC(C)(CC(O)C(O)C4(C)CO4)C1C2CCC3C. The van der Waals surface area contributed by atoms with E-state index in [-0.39, 0.29) is 10.8 Å². The summed E-state index contributed by atoms with van der Waals surface area (Å²) < 4.78 is 5.43. The third kappa shape index (κ3) is 2.39. The first-order chi connectivity index (χ1) is 13.1. The number of hydrogen-bond donors (Lipinski definition) is 2. The van der Waals surface area contributed by atoms with E-state index in [4.69, 9.17) is 4.74 Å². The molecule has 1 heterocycles. The van der Waals surface area contributed by atoms with E-state index in [1.54, 1.807) is 5.57 Å². The largest absolute Gasteiger partial charge is 0.390 e. The Hall–Kier alpha value is -0.380. The maximum Gasteiger partial charge on any atom is 0.117 e.